The van der Waals surface area contributed by atoms with E-state index < -0.39 is 6.10 Å². The number of thiophene rings is 1. The van der Waals surface area contributed by atoms with Gasteiger partial charge in [0, 0.05) is 23.7 Å². The van der Waals surface area contributed by atoms with Gasteiger partial charge in [-0.25, -0.2) is 4.98 Å². The molecule has 0 radical (unpaired) electrons. The Morgan fingerprint density at radius 3 is 2.74 bits per heavy atom. The molecule has 0 aliphatic carbocycles. The van der Waals surface area contributed by atoms with Crippen LogP contribution in [0.5, 0.6) is 0 Å². The van der Waals surface area contributed by atoms with E-state index in [0.29, 0.717) is 6.42 Å². The summed E-state index contributed by atoms with van der Waals surface area (Å²) in [4.78, 5) is 6.87. The molecule has 2 heterocycles. The molecule has 0 spiro atoms. The fourth-order valence-corrected chi connectivity index (χ4v) is 4.00. The van der Waals surface area contributed by atoms with E-state index in [2.05, 4.69) is 21.7 Å². The number of hydrogen-bond donors (Lipinski definition) is 2. The summed E-state index contributed by atoms with van der Waals surface area (Å²) in [5.74, 6) is 0. The molecule has 3 rings (SSSR count). The molecular formula is C18H20N2OS2. The van der Waals surface area contributed by atoms with Gasteiger partial charge >= 0.3 is 0 Å². The lowest BCUT2D eigenvalue weighted by atomic mass is 10.0. The van der Waals surface area contributed by atoms with E-state index in [-0.39, 0.29) is 6.04 Å². The molecule has 0 aliphatic rings. The van der Waals surface area contributed by atoms with E-state index in [1.165, 1.54) is 9.75 Å². The van der Waals surface area contributed by atoms with Crippen molar-refractivity contribution >= 4 is 22.7 Å². The molecule has 23 heavy (non-hydrogen) atoms. The number of thiazole rings is 1. The maximum atomic E-state index is 10.3. The van der Waals surface area contributed by atoms with E-state index in [9.17, 15) is 5.11 Å². The normalized spacial score (nSPS) is 13.8. The SMILES string of the molecule is CC(NCc1cnc(-c2cccs2)s1)C(O)Cc1ccccc1. The largest absolute Gasteiger partial charge is 0.391 e. The second-order valence-electron chi connectivity index (χ2n) is 5.54. The number of aliphatic hydroxyl groups excluding tert-OH is 1. The zero-order valence-electron chi connectivity index (χ0n) is 13.0. The minimum atomic E-state index is -0.401. The van der Waals surface area contributed by atoms with Gasteiger partial charge in [-0.1, -0.05) is 36.4 Å². The molecule has 0 saturated carbocycles. The average molecular weight is 345 g/mol. The van der Waals surface area contributed by atoms with Gasteiger partial charge in [0.2, 0.25) is 0 Å². The Labute approximate surface area is 144 Å². The highest BCUT2D eigenvalue weighted by atomic mass is 32.1. The highest BCUT2D eigenvalue weighted by molar-refractivity contribution is 7.20. The van der Waals surface area contributed by atoms with Gasteiger partial charge in [0.15, 0.2) is 0 Å². The van der Waals surface area contributed by atoms with Crippen molar-refractivity contribution in [2.75, 3.05) is 0 Å². The lowest BCUT2D eigenvalue weighted by Crippen LogP contribution is -2.38. The van der Waals surface area contributed by atoms with Crippen LogP contribution in [0.1, 0.15) is 17.4 Å². The van der Waals surface area contributed by atoms with Crippen molar-refractivity contribution in [1.29, 1.82) is 0 Å². The summed E-state index contributed by atoms with van der Waals surface area (Å²) in [5, 5.41) is 16.9. The highest BCUT2D eigenvalue weighted by Crippen LogP contribution is 2.28. The molecule has 3 nitrogen and oxygen atoms in total. The number of aromatic nitrogens is 1. The number of benzene rings is 1. The van der Waals surface area contributed by atoms with Crippen LogP contribution in [0.25, 0.3) is 9.88 Å². The first kappa shape index (κ1) is 16.3. The predicted octanol–water partition coefficient (Wildman–Crippen LogP) is 3.95. The maximum Gasteiger partial charge on any atom is 0.133 e. The van der Waals surface area contributed by atoms with Gasteiger partial charge in [-0.2, -0.15) is 0 Å². The monoisotopic (exact) mass is 344 g/mol. The third-order valence-corrected chi connectivity index (χ3v) is 5.79. The summed E-state index contributed by atoms with van der Waals surface area (Å²) in [6.45, 7) is 2.75. The third kappa shape index (κ3) is 4.48. The Balaban J connectivity index is 1.51. The van der Waals surface area contributed by atoms with Crippen molar-refractivity contribution in [3.63, 3.8) is 0 Å². The van der Waals surface area contributed by atoms with Crippen LogP contribution < -0.4 is 5.32 Å². The minimum absolute atomic E-state index is 0.0301. The number of nitrogens with zero attached hydrogens (tertiary/aromatic N) is 1. The summed E-state index contributed by atoms with van der Waals surface area (Å²) in [6.07, 6.45) is 2.18. The molecule has 120 valence electrons. The smallest absolute Gasteiger partial charge is 0.133 e. The number of aliphatic hydroxyl groups is 1. The van der Waals surface area contributed by atoms with Crippen LogP contribution in [0, 0.1) is 0 Å². The van der Waals surface area contributed by atoms with Gasteiger partial charge in [0.1, 0.15) is 5.01 Å². The first-order valence-corrected chi connectivity index (χ1v) is 9.36. The van der Waals surface area contributed by atoms with Crippen LogP contribution in [0.15, 0.2) is 54.0 Å². The van der Waals surface area contributed by atoms with E-state index in [0.717, 1.165) is 17.1 Å². The maximum absolute atomic E-state index is 10.3. The van der Waals surface area contributed by atoms with Crippen LogP contribution in [-0.2, 0) is 13.0 Å². The summed E-state index contributed by atoms with van der Waals surface area (Å²) in [7, 11) is 0. The molecule has 2 atom stereocenters. The van der Waals surface area contributed by atoms with E-state index >= 15 is 0 Å². The van der Waals surface area contributed by atoms with E-state index in [1.807, 2.05) is 49.5 Å². The van der Waals surface area contributed by atoms with Gasteiger partial charge in [-0.05, 0) is 30.4 Å². The summed E-state index contributed by atoms with van der Waals surface area (Å²) >= 11 is 3.41. The van der Waals surface area contributed by atoms with E-state index in [4.69, 9.17) is 0 Å². The zero-order chi connectivity index (χ0) is 16.1. The Bertz CT molecular complexity index is 710. The van der Waals surface area contributed by atoms with Crippen molar-refractivity contribution in [2.45, 2.75) is 32.0 Å². The highest BCUT2D eigenvalue weighted by Gasteiger charge is 2.15. The first-order chi connectivity index (χ1) is 11.2. The Kier molecular flexibility index (Phi) is 5.56. The molecule has 3 aromatic rings. The Hall–Kier alpha value is -1.53. The number of hydrogen-bond acceptors (Lipinski definition) is 5. The molecule has 0 bridgehead atoms. The molecule has 0 saturated heterocycles. The zero-order valence-corrected chi connectivity index (χ0v) is 14.6. The van der Waals surface area contributed by atoms with Gasteiger partial charge < -0.3 is 10.4 Å². The average Bonchev–Trinajstić information content (AvgIpc) is 3.24. The van der Waals surface area contributed by atoms with Crippen molar-refractivity contribution < 1.29 is 5.11 Å². The predicted molar refractivity (Wildman–Crippen MR) is 97.9 cm³/mol. The molecule has 0 fully saturated rings. The molecule has 2 N–H and O–H groups in total. The van der Waals surface area contributed by atoms with E-state index in [1.54, 1.807) is 22.7 Å². The summed E-state index contributed by atoms with van der Waals surface area (Å²) < 4.78 is 0. The minimum Gasteiger partial charge on any atom is -0.391 e. The van der Waals surface area contributed by atoms with Gasteiger partial charge in [0.25, 0.3) is 0 Å². The van der Waals surface area contributed by atoms with Crippen LogP contribution in [-0.4, -0.2) is 22.2 Å². The van der Waals surface area contributed by atoms with Gasteiger partial charge in [0.05, 0.1) is 11.0 Å². The molecule has 1 aromatic carbocycles. The number of nitrogens with one attached hydrogen (secondary N) is 1. The molecule has 5 heteroatoms. The van der Waals surface area contributed by atoms with Crippen molar-refractivity contribution in [2.24, 2.45) is 0 Å². The van der Waals surface area contributed by atoms with Crippen molar-refractivity contribution in [1.82, 2.24) is 10.3 Å². The first-order valence-electron chi connectivity index (χ1n) is 7.66. The molecule has 2 aromatic heterocycles. The topological polar surface area (TPSA) is 45.2 Å². The fraction of sp³-hybridized carbons (Fsp3) is 0.278. The van der Waals surface area contributed by atoms with Crippen LogP contribution >= 0.6 is 22.7 Å². The molecule has 2 unspecified atom stereocenters. The van der Waals surface area contributed by atoms with Gasteiger partial charge in [-0.15, -0.1) is 22.7 Å². The number of rotatable bonds is 7. The second-order valence-corrected chi connectivity index (χ2v) is 7.60. The van der Waals surface area contributed by atoms with Gasteiger partial charge in [-0.3, -0.25) is 0 Å². The standard InChI is InChI=1S/C18H20N2OS2/c1-13(16(21)10-14-6-3-2-4-7-14)19-11-15-12-20-18(23-15)17-8-5-9-22-17/h2-9,12-13,16,19,21H,10-11H2,1H3. The fourth-order valence-electron chi connectivity index (χ4n) is 2.33. The van der Waals surface area contributed by atoms with Crippen LogP contribution in [0.3, 0.4) is 0 Å². The Morgan fingerprint density at radius 1 is 1.17 bits per heavy atom. The second kappa shape index (κ2) is 7.84. The lowest BCUT2D eigenvalue weighted by molar-refractivity contribution is 0.134. The van der Waals surface area contributed by atoms with Crippen LogP contribution in [0.4, 0.5) is 0 Å². The summed E-state index contributed by atoms with van der Waals surface area (Å²) in [5.41, 5.74) is 1.16. The molecule has 0 aliphatic heterocycles. The molecule has 0 amide bonds. The third-order valence-electron chi connectivity index (χ3n) is 3.75. The summed E-state index contributed by atoms with van der Waals surface area (Å²) in [6, 6.07) is 14.3. The van der Waals surface area contributed by atoms with Crippen molar-refractivity contribution in [3.8, 4) is 9.88 Å². The Morgan fingerprint density at radius 2 is 2.00 bits per heavy atom. The van der Waals surface area contributed by atoms with Crippen molar-refractivity contribution in [3.05, 3.63) is 64.5 Å². The van der Waals surface area contributed by atoms with Crippen LogP contribution in [0.2, 0.25) is 0 Å². The lowest BCUT2D eigenvalue weighted by Gasteiger charge is -2.20. The quantitative estimate of drug-likeness (QED) is 0.682. The molecular weight excluding hydrogens is 324 g/mol.